The van der Waals surface area contributed by atoms with E-state index in [2.05, 4.69) is 43.1 Å². The van der Waals surface area contributed by atoms with Crippen LogP contribution in [0, 0.1) is 0 Å². The fourth-order valence-electron chi connectivity index (χ4n) is 4.33. The van der Waals surface area contributed by atoms with Crippen molar-refractivity contribution in [1.82, 2.24) is 4.90 Å². The first-order chi connectivity index (χ1) is 14.2. The zero-order valence-electron chi connectivity index (χ0n) is 18.3. The summed E-state index contributed by atoms with van der Waals surface area (Å²) in [5, 5.41) is 4.26. The molecular weight excluding hydrogens is 380 g/mol. The van der Waals surface area contributed by atoms with Crippen LogP contribution in [0.1, 0.15) is 75.7 Å². The van der Waals surface area contributed by atoms with E-state index in [4.69, 9.17) is 4.74 Å². The topological polar surface area (TPSA) is 41.6 Å². The number of aryl methyl sites for hydroxylation is 1. The number of thiophene rings is 1. The van der Waals surface area contributed by atoms with Gasteiger partial charge < -0.3 is 9.64 Å². The molecule has 160 valence electrons. The van der Waals surface area contributed by atoms with E-state index in [1.54, 1.807) is 10.4 Å². The van der Waals surface area contributed by atoms with Crippen molar-refractivity contribution in [2.75, 3.05) is 31.6 Å². The summed E-state index contributed by atoms with van der Waals surface area (Å²) >= 11 is 1.94. The Bertz CT molecular complexity index is 794. The Labute approximate surface area is 179 Å². The number of anilines is 1. The van der Waals surface area contributed by atoms with Crippen LogP contribution < -0.4 is 5.32 Å². The number of nitrogens with zero attached hydrogens (tertiary/aromatic N) is 1. The van der Waals surface area contributed by atoms with Crippen LogP contribution in [0.3, 0.4) is 0 Å². The third-order valence-corrected chi connectivity index (χ3v) is 7.04. The lowest BCUT2D eigenvalue weighted by Gasteiger charge is -2.32. The molecule has 0 bridgehead atoms. The van der Waals surface area contributed by atoms with Crippen LogP contribution in [-0.2, 0) is 11.2 Å². The van der Waals surface area contributed by atoms with Crippen LogP contribution >= 0.6 is 11.3 Å². The van der Waals surface area contributed by atoms with Crippen molar-refractivity contribution in [2.45, 2.75) is 71.6 Å². The summed E-state index contributed by atoms with van der Waals surface area (Å²) in [6.45, 7) is 10.7. The maximum Gasteiger partial charge on any atom is 0.411 e. The average Bonchev–Trinajstić information content (AvgIpc) is 3.07. The number of hydrogen-bond acceptors (Lipinski definition) is 4. The van der Waals surface area contributed by atoms with E-state index in [-0.39, 0.29) is 6.09 Å². The van der Waals surface area contributed by atoms with E-state index in [1.165, 1.54) is 55.4 Å². The van der Waals surface area contributed by atoms with Crippen molar-refractivity contribution < 1.29 is 9.53 Å². The van der Waals surface area contributed by atoms with E-state index < -0.39 is 0 Å². The monoisotopic (exact) mass is 416 g/mol. The average molecular weight is 417 g/mol. The SMILES string of the molecule is CCCCOC(=O)Nc1ccc2sc(CCC)c(C3CCN(CCC)CC3)c2c1. The van der Waals surface area contributed by atoms with Gasteiger partial charge in [0.05, 0.1) is 6.61 Å². The summed E-state index contributed by atoms with van der Waals surface area (Å²) in [5.41, 5.74) is 2.38. The molecule has 1 aromatic heterocycles. The Morgan fingerprint density at radius 1 is 1.17 bits per heavy atom. The number of carbonyl (C=O) groups is 1. The van der Waals surface area contributed by atoms with E-state index in [9.17, 15) is 4.79 Å². The molecule has 1 aliphatic rings. The van der Waals surface area contributed by atoms with E-state index in [0.29, 0.717) is 12.5 Å². The van der Waals surface area contributed by atoms with Gasteiger partial charge >= 0.3 is 6.09 Å². The molecule has 0 unspecified atom stereocenters. The fourth-order valence-corrected chi connectivity index (χ4v) is 5.70. The molecule has 0 saturated carbocycles. The molecule has 3 rings (SSSR count). The second-order valence-corrected chi connectivity index (χ2v) is 9.27. The van der Waals surface area contributed by atoms with Crippen LogP contribution in [-0.4, -0.2) is 37.2 Å². The molecule has 1 fully saturated rings. The molecule has 0 spiro atoms. The molecule has 1 aliphatic heterocycles. The molecular formula is C24H36N2O2S. The normalized spacial score (nSPS) is 15.7. The van der Waals surface area contributed by atoms with Gasteiger partial charge in [0.25, 0.3) is 0 Å². The van der Waals surface area contributed by atoms with Gasteiger partial charge in [0.1, 0.15) is 0 Å². The molecule has 4 nitrogen and oxygen atoms in total. The molecule has 1 amide bonds. The molecule has 2 aromatic rings. The third kappa shape index (κ3) is 5.73. The molecule has 0 atom stereocenters. The number of hydrogen-bond donors (Lipinski definition) is 1. The summed E-state index contributed by atoms with van der Waals surface area (Å²) in [4.78, 5) is 16.2. The number of nitrogens with one attached hydrogen (secondary N) is 1. The molecule has 1 N–H and O–H groups in total. The largest absolute Gasteiger partial charge is 0.449 e. The van der Waals surface area contributed by atoms with E-state index in [1.807, 2.05) is 17.4 Å². The number of likely N-dealkylation sites (tertiary alicyclic amines) is 1. The number of fused-ring (bicyclic) bond motifs is 1. The predicted octanol–water partition coefficient (Wildman–Crippen LogP) is 6.79. The highest BCUT2D eigenvalue weighted by atomic mass is 32.1. The Balaban J connectivity index is 1.81. The molecule has 2 heterocycles. The lowest BCUT2D eigenvalue weighted by molar-refractivity contribution is 0.160. The van der Waals surface area contributed by atoms with Gasteiger partial charge in [-0.1, -0.05) is 33.6 Å². The smallest absolute Gasteiger partial charge is 0.411 e. The van der Waals surface area contributed by atoms with Crippen LogP contribution in [0.15, 0.2) is 18.2 Å². The van der Waals surface area contributed by atoms with Gasteiger partial charge in [0, 0.05) is 15.3 Å². The molecule has 1 aromatic carbocycles. The van der Waals surface area contributed by atoms with Gasteiger partial charge in [-0.15, -0.1) is 11.3 Å². The van der Waals surface area contributed by atoms with Crippen LogP contribution in [0.25, 0.3) is 10.1 Å². The minimum atomic E-state index is -0.351. The second kappa shape index (κ2) is 11.0. The number of carbonyl (C=O) groups excluding carboxylic acids is 1. The van der Waals surface area contributed by atoms with Crippen molar-refractivity contribution in [3.63, 3.8) is 0 Å². The first-order valence-corrected chi connectivity index (χ1v) is 12.2. The zero-order valence-corrected chi connectivity index (χ0v) is 19.1. The Morgan fingerprint density at radius 2 is 1.97 bits per heavy atom. The van der Waals surface area contributed by atoms with Crippen LogP contribution in [0.5, 0.6) is 0 Å². The lowest BCUT2D eigenvalue weighted by atomic mass is 9.86. The highest BCUT2D eigenvalue weighted by Gasteiger charge is 2.25. The van der Waals surface area contributed by atoms with Gasteiger partial charge in [-0.25, -0.2) is 4.79 Å². The van der Waals surface area contributed by atoms with Crippen molar-refractivity contribution >= 4 is 33.2 Å². The maximum absolute atomic E-state index is 12.1. The Hall–Kier alpha value is -1.59. The quantitative estimate of drug-likeness (QED) is 0.457. The van der Waals surface area contributed by atoms with Crippen molar-refractivity contribution in [3.8, 4) is 0 Å². The van der Waals surface area contributed by atoms with Gasteiger partial charge in [-0.2, -0.15) is 0 Å². The number of rotatable bonds is 9. The van der Waals surface area contributed by atoms with Crippen molar-refractivity contribution in [2.24, 2.45) is 0 Å². The summed E-state index contributed by atoms with van der Waals surface area (Å²) in [7, 11) is 0. The van der Waals surface area contributed by atoms with Crippen LogP contribution in [0.2, 0.25) is 0 Å². The number of amides is 1. The molecule has 5 heteroatoms. The Kier molecular flexibility index (Phi) is 8.37. The summed E-state index contributed by atoms with van der Waals surface area (Å²) in [6.07, 6.45) is 7.59. The minimum Gasteiger partial charge on any atom is -0.449 e. The Morgan fingerprint density at radius 3 is 2.66 bits per heavy atom. The van der Waals surface area contributed by atoms with Gasteiger partial charge in [0.2, 0.25) is 0 Å². The minimum absolute atomic E-state index is 0.351. The molecule has 1 saturated heterocycles. The summed E-state index contributed by atoms with van der Waals surface area (Å²) in [6, 6.07) is 6.33. The van der Waals surface area contributed by atoms with Gasteiger partial charge in [-0.3, -0.25) is 5.32 Å². The maximum atomic E-state index is 12.1. The molecule has 0 aliphatic carbocycles. The predicted molar refractivity (Wildman–Crippen MR) is 124 cm³/mol. The van der Waals surface area contributed by atoms with Crippen molar-refractivity contribution in [3.05, 3.63) is 28.6 Å². The first-order valence-electron chi connectivity index (χ1n) is 11.4. The highest BCUT2D eigenvalue weighted by molar-refractivity contribution is 7.19. The molecule has 29 heavy (non-hydrogen) atoms. The van der Waals surface area contributed by atoms with Crippen molar-refractivity contribution in [1.29, 1.82) is 0 Å². The van der Waals surface area contributed by atoms with Crippen LogP contribution in [0.4, 0.5) is 10.5 Å². The highest BCUT2D eigenvalue weighted by Crippen LogP contribution is 2.42. The van der Waals surface area contributed by atoms with Gasteiger partial charge in [0.15, 0.2) is 0 Å². The number of ether oxygens (including phenoxy) is 1. The van der Waals surface area contributed by atoms with E-state index in [0.717, 1.165) is 24.9 Å². The number of benzene rings is 1. The standard InChI is InChI=1S/C24H36N2O2S/c1-4-7-16-28-24(27)25-19-9-10-21-20(17-19)23(22(29-21)8-5-2)18-11-14-26(13-6-3)15-12-18/h9-10,17-18H,4-8,11-16H2,1-3H3,(H,25,27). The first kappa shape index (κ1) is 22.1. The fraction of sp³-hybridized carbons (Fsp3) is 0.625. The van der Waals surface area contributed by atoms with E-state index >= 15 is 0 Å². The third-order valence-electron chi connectivity index (χ3n) is 5.79. The summed E-state index contributed by atoms with van der Waals surface area (Å²) < 4.78 is 6.61. The summed E-state index contributed by atoms with van der Waals surface area (Å²) in [5.74, 6) is 0.630. The number of unbranched alkanes of at least 4 members (excludes halogenated alkanes) is 1. The second-order valence-electron chi connectivity index (χ2n) is 8.13. The number of piperidine rings is 1. The lowest BCUT2D eigenvalue weighted by Crippen LogP contribution is -2.33. The molecule has 0 radical (unpaired) electrons. The van der Waals surface area contributed by atoms with Gasteiger partial charge in [-0.05, 0) is 86.8 Å². The zero-order chi connectivity index (χ0) is 20.6.